The van der Waals surface area contributed by atoms with Gasteiger partial charge in [0, 0.05) is 43.2 Å². The first-order valence-electron chi connectivity index (χ1n) is 10.8. The molecule has 2 aliphatic heterocycles. The van der Waals surface area contributed by atoms with Crippen molar-refractivity contribution in [3.63, 3.8) is 0 Å². The molecule has 1 saturated heterocycles. The maximum absolute atomic E-state index is 12.6. The third-order valence-electron chi connectivity index (χ3n) is 6.10. The van der Waals surface area contributed by atoms with Crippen LogP contribution in [0.1, 0.15) is 44.9 Å². The van der Waals surface area contributed by atoms with Crippen LogP contribution < -0.4 is 5.32 Å². The first-order chi connectivity index (χ1) is 14.5. The SMILES string of the molecule is CCS(=O)(=O)N1CCC(C(=O)Nc2ccc(-c3nnc4n3CCCCC4)cc2)CC1. The van der Waals surface area contributed by atoms with E-state index in [-0.39, 0.29) is 17.6 Å². The van der Waals surface area contributed by atoms with Crippen molar-refractivity contribution in [3.05, 3.63) is 30.1 Å². The molecular formula is C21H29N5O3S. The van der Waals surface area contributed by atoms with Gasteiger partial charge >= 0.3 is 0 Å². The lowest BCUT2D eigenvalue weighted by atomic mass is 9.97. The van der Waals surface area contributed by atoms with Gasteiger partial charge < -0.3 is 9.88 Å². The molecule has 1 aromatic carbocycles. The van der Waals surface area contributed by atoms with E-state index in [9.17, 15) is 13.2 Å². The molecule has 2 aromatic rings. The zero-order valence-corrected chi connectivity index (χ0v) is 18.2. The number of aryl methyl sites for hydroxylation is 1. The lowest BCUT2D eigenvalue weighted by Crippen LogP contribution is -2.42. The van der Waals surface area contributed by atoms with Crippen molar-refractivity contribution >= 4 is 21.6 Å². The molecule has 2 aliphatic rings. The summed E-state index contributed by atoms with van der Waals surface area (Å²) < 4.78 is 27.6. The largest absolute Gasteiger partial charge is 0.326 e. The lowest BCUT2D eigenvalue weighted by molar-refractivity contribution is -0.120. The van der Waals surface area contributed by atoms with E-state index in [4.69, 9.17) is 0 Å². The summed E-state index contributed by atoms with van der Waals surface area (Å²) in [5.41, 5.74) is 1.73. The maximum atomic E-state index is 12.6. The molecule has 4 rings (SSSR count). The Bertz CT molecular complexity index is 992. The highest BCUT2D eigenvalue weighted by atomic mass is 32.2. The highest BCUT2D eigenvalue weighted by Gasteiger charge is 2.30. The van der Waals surface area contributed by atoms with Crippen molar-refractivity contribution in [3.8, 4) is 11.4 Å². The summed E-state index contributed by atoms with van der Waals surface area (Å²) in [6.45, 7) is 3.41. The second-order valence-corrected chi connectivity index (χ2v) is 10.3. The Hall–Kier alpha value is -2.26. The summed E-state index contributed by atoms with van der Waals surface area (Å²) in [4.78, 5) is 12.6. The molecule has 0 atom stereocenters. The van der Waals surface area contributed by atoms with Crippen LogP contribution in [0.4, 0.5) is 5.69 Å². The number of hydrogen-bond donors (Lipinski definition) is 1. The molecule has 0 aliphatic carbocycles. The Morgan fingerprint density at radius 1 is 1.07 bits per heavy atom. The van der Waals surface area contributed by atoms with Crippen LogP contribution in [-0.2, 0) is 27.8 Å². The summed E-state index contributed by atoms with van der Waals surface area (Å²) in [7, 11) is -3.18. The van der Waals surface area contributed by atoms with E-state index in [1.165, 1.54) is 10.7 Å². The predicted octanol–water partition coefficient (Wildman–Crippen LogP) is 2.67. The third-order valence-corrected chi connectivity index (χ3v) is 7.98. The molecule has 9 heteroatoms. The fraction of sp³-hybridized carbons (Fsp3) is 0.571. The predicted molar refractivity (Wildman–Crippen MR) is 115 cm³/mol. The normalized spacial score (nSPS) is 18.6. The molecule has 8 nitrogen and oxygen atoms in total. The van der Waals surface area contributed by atoms with Crippen LogP contribution in [0.3, 0.4) is 0 Å². The fourth-order valence-electron chi connectivity index (χ4n) is 4.22. The van der Waals surface area contributed by atoms with Gasteiger partial charge in [0.05, 0.1) is 5.75 Å². The molecule has 162 valence electrons. The summed E-state index contributed by atoms with van der Waals surface area (Å²) in [5.74, 6) is 1.82. The molecule has 1 fully saturated rings. The van der Waals surface area contributed by atoms with Crippen LogP contribution in [0, 0.1) is 5.92 Å². The summed E-state index contributed by atoms with van der Waals surface area (Å²) >= 11 is 0. The van der Waals surface area contributed by atoms with E-state index in [0.717, 1.165) is 48.7 Å². The zero-order valence-electron chi connectivity index (χ0n) is 17.4. The average molecular weight is 432 g/mol. The standard InChI is InChI=1S/C21H29N5O3S/c1-2-30(28,29)25-14-11-17(12-15-25)21(27)22-18-9-7-16(8-10-18)20-24-23-19-6-4-3-5-13-26(19)20/h7-10,17H,2-6,11-15H2,1H3,(H,22,27). The quantitative estimate of drug-likeness (QED) is 0.785. The number of nitrogens with one attached hydrogen (secondary N) is 1. The van der Waals surface area contributed by atoms with Gasteiger partial charge in [0.25, 0.3) is 0 Å². The van der Waals surface area contributed by atoms with Crippen molar-refractivity contribution in [1.29, 1.82) is 0 Å². The Morgan fingerprint density at radius 2 is 1.80 bits per heavy atom. The molecule has 1 aromatic heterocycles. The number of aromatic nitrogens is 3. The van der Waals surface area contributed by atoms with Crippen LogP contribution in [0.2, 0.25) is 0 Å². The Morgan fingerprint density at radius 3 is 2.50 bits per heavy atom. The first kappa shape index (κ1) is 21.0. The number of sulfonamides is 1. The molecule has 0 saturated carbocycles. The number of nitrogens with zero attached hydrogens (tertiary/aromatic N) is 4. The van der Waals surface area contributed by atoms with Crippen molar-refractivity contribution in [2.24, 2.45) is 5.92 Å². The number of anilines is 1. The maximum Gasteiger partial charge on any atom is 0.227 e. The van der Waals surface area contributed by atoms with Crippen molar-refractivity contribution in [2.75, 3.05) is 24.2 Å². The summed E-state index contributed by atoms with van der Waals surface area (Å²) in [5, 5.41) is 11.7. The number of hydrogen-bond acceptors (Lipinski definition) is 5. The minimum absolute atomic E-state index is 0.0485. The molecular weight excluding hydrogens is 402 g/mol. The van der Waals surface area contributed by atoms with Gasteiger partial charge in [-0.05, 0) is 56.9 Å². The van der Waals surface area contributed by atoms with Crippen molar-refractivity contribution in [1.82, 2.24) is 19.1 Å². The van der Waals surface area contributed by atoms with Crippen molar-refractivity contribution in [2.45, 2.75) is 52.0 Å². The Balaban J connectivity index is 1.38. The van der Waals surface area contributed by atoms with Crippen LogP contribution in [-0.4, -0.2) is 52.2 Å². The second-order valence-electron chi connectivity index (χ2n) is 8.04. The van der Waals surface area contributed by atoms with Gasteiger partial charge in [-0.25, -0.2) is 12.7 Å². The number of carbonyl (C=O) groups is 1. The number of piperidine rings is 1. The number of amides is 1. The van der Waals surface area contributed by atoms with Gasteiger partial charge in [0.1, 0.15) is 5.82 Å². The highest BCUT2D eigenvalue weighted by molar-refractivity contribution is 7.89. The van der Waals surface area contributed by atoms with E-state index in [0.29, 0.717) is 25.9 Å². The van der Waals surface area contributed by atoms with Gasteiger partial charge in [-0.15, -0.1) is 10.2 Å². The zero-order chi connectivity index (χ0) is 21.1. The summed E-state index contributed by atoms with van der Waals surface area (Å²) in [6.07, 6.45) is 5.59. The molecule has 30 heavy (non-hydrogen) atoms. The molecule has 1 amide bonds. The fourth-order valence-corrected chi connectivity index (χ4v) is 5.36. The first-order valence-corrected chi connectivity index (χ1v) is 12.4. The van der Waals surface area contributed by atoms with Crippen molar-refractivity contribution < 1.29 is 13.2 Å². The number of fused-ring (bicyclic) bond motifs is 1. The molecule has 0 unspecified atom stereocenters. The smallest absolute Gasteiger partial charge is 0.227 e. The van der Waals surface area contributed by atoms with Gasteiger partial charge in [-0.3, -0.25) is 4.79 Å². The molecule has 0 radical (unpaired) electrons. The summed E-state index contributed by atoms with van der Waals surface area (Å²) in [6, 6.07) is 7.72. The van der Waals surface area contributed by atoms with Gasteiger partial charge in [-0.1, -0.05) is 6.42 Å². The Kier molecular flexibility index (Phi) is 6.19. The molecule has 1 N–H and O–H groups in total. The van der Waals surface area contributed by atoms with E-state index < -0.39 is 10.0 Å². The van der Waals surface area contributed by atoms with Crippen LogP contribution in [0.25, 0.3) is 11.4 Å². The lowest BCUT2D eigenvalue weighted by Gasteiger charge is -2.30. The number of benzene rings is 1. The minimum atomic E-state index is -3.18. The van der Waals surface area contributed by atoms with Gasteiger partial charge in [-0.2, -0.15) is 0 Å². The topological polar surface area (TPSA) is 97.2 Å². The second kappa shape index (κ2) is 8.85. The molecule has 3 heterocycles. The molecule has 0 spiro atoms. The van der Waals surface area contributed by atoms with Gasteiger partial charge in [0.15, 0.2) is 5.82 Å². The van der Waals surface area contributed by atoms with E-state index in [1.807, 2.05) is 24.3 Å². The van der Waals surface area contributed by atoms with E-state index in [1.54, 1.807) is 6.92 Å². The Labute approximate surface area is 177 Å². The van der Waals surface area contributed by atoms with Gasteiger partial charge in [0.2, 0.25) is 15.9 Å². The van der Waals surface area contributed by atoms with Crippen LogP contribution >= 0.6 is 0 Å². The van der Waals surface area contributed by atoms with E-state index in [2.05, 4.69) is 20.1 Å². The van der Waals surface area contributed by atoms with E-state index >= 15 is 0 Å². The molecule has 0 bridgehead atoms. The monoisotopic (exact) mass is 431 g/mol. The highest BCUT2D eigenvalue weighted by Crippen LogP contribution is 2.25. The average Bonchev–Trinajstić information content (AvgIpc) is 3.02. The van der Waals surface area contributed by atoms with Crippen LogP contribution in [0.15, 0.2) is 24.3 Å². The minimum Gasteiger partial charge on any atom is -0.326 e. The number of rotatable bonds is 5. The third kappa shape index (κ3) is 4.41. The number of carbonyl (C=O) groups excluding carboxylic acids is 1. The van der Waals surface area contributed by atoms with Crippen LogP contribution in [0.5, 0.6) is 0 Å².